The molecule has 0 aromatic carbocycles. The van der Waals surface area contributed by atoms with Crippen LogP contribution in [-0.2, 0) is 9.47 Å². The van der Waals surface area contributed by atoms with Gasteiger partial charge >= 0.3 is 0 Å². The lowest BCUT2D eigenvalue weighted by Crippen LogP contribution is -2.52. The summed E-state index contributed by atoms with van der Waals surface area (Å²) < 4.78 is 11.4. The van der Waals surface area contributed by atoms with Crippen molar-refractivity contribution >= 4 is 0 Å². The summed E-state index contributed by atoms with van der Waals surface area (Å²) in [7, 11) is 0. The highest BCUT2D eigenvalue weighted by molar-refractivity contribution is 4.87. The van der Waals surface area contributed by atoms with Gasteiger partial charge in [-0.05, 0) is 19.9 Å². The average Bonchev–Trinajstić information content (AvgIpc) is 2.78. The van der Waals surface area contributed by atoms with Crippen molar-refractivity contribution in [3.05, 3.63) is 0 Å². The minimum absolute atomic E-state index is 0.368. The molecule has 0 aliphatic carbocycles. The first-order valence-electron chi connectivity index (χ1n) is 7.41. The fourth-order valence-electron chi connectivity index (χ4n) is 3.08. The maximum absolute atomic E-state index is 5.76. The Bertz CT molecular complexity index is 250. The first kappa shape index (κ1) is 14.3. The molecule has 2 fully saturated rings. The standard InChI is InChI=1S/C14H28N2O2/c1-4-13-9-18-11(3)6-16(13)7-12-8-17-10-14(12)15-5-2/h11-15H,4-10H2,1-3H3. The Morgan fingerprint density at radius 1 is 1.22 bits per heavy atom. The molecule has 0 spiro atoms. The SMILES string of the molecule is CCNC1COCC1CN1CC(C)OCC1CC. The number of nitrogens with zero attached hydrogens (tertiary/aromatic N) is 1. The predicted octanol–water partition coefficient (Wildman–Crippen LogP) is 1.11. The van der Waals surface area contributed by atoms with Crippen molar-refractivity contribution in [2.45, 2.75) is 45.4 Å². The van der Waals surface area contributed by atoms with Gasteiger partial charge in [-0.15, -0.1) is 0 Å². The largest absolute Gasteiger partial charge is 0.379 e. The van der Waals surface area contributed by atoms with Gasteiger partial charge in [0, 0.05) is 31.1 Å². The number of ether oxygens (including phenoxy) is 2. The molecule has 0 aromatic rings. The van der Waals surface area contributed by atoms with Gasteiger partial charge in [-0.2, -0.15) is 0 Å². The van der Waals surface area contributed by atoms with Crippen molar-refractivity contribution < 1.29 is 9.47 Å². The lowest BCUT2D eigenvalue weighted by Gasteiger charge is -2.40. The van der Waals surface area contributed by atoms with E-state index in [4.69, 9.17) is 9.47 Å². The number of morpholine rings is 1. The van der Waals surface area contributed by atoms with Crippen LogP contribution in [-0.4, -0.2) is 62.5 Å². The Morgan fingerprint density at radius 2 is 2.06 bits per heavy atom. The third kappa shape index (κ3) is 3.44. The molecule has 4 heteroatoms. The van der Waals surface area contributed by atoms with Gasteiger partial charge in [0.25, 0.3) is 0 Å². The molecule has 2 aliphatic rings. The summed E-state index contributed by atoms with van der Waals surface area (Å²) in [5.41, 5.74) is 0. The summed E-state index contributed by atoms with van der Waals surface area (Å²) in [5, 5.41) is 3.55. The highest BCUT2D eigenvalue weighted by Crippen LogP contribution is 2.20. The molecule has 18 heavy (non-hydrogen) atoms. The fraction of sp³-hybridized carbons (Fsp3) is 1.00. The van der Waals surface area contributed by atoms with Crippen molar-refractivity contribution in [2.75, 3.05) is 39.5 Å². The number of hydrogen-bond donors (Lipinski definition) is 1. The summed E-state index contributed by atoms with van der Waals surface area (Å²) in [6, 6.07) is 1.12. The van der Waals surface area contributed by atoms with E-state index in [9.17, 15) is 0 Å². The van der Waals surface area contributed by atoms with E-state index < -0.39 is 0 Å². The Balaban J connectivity index is 1.89. The fourth-order valence-corrected chi connectivity index (χ4v) is 3.08. The zero-order valence-electron chi connectivity index (χ0n) is 12.0. The Morgan fingerprint density at radius 3 is 2.78 bits per heavy atom. The summed E-state index contributed by atoms with van der Waals surface area (Å²) in [4.78, 5) is 2.61. The Hall–Kier alpha value is -0.160. The summed E-state index contributed by atoms with van der Waals surface area (Å²) in [6.45, 7) is 12.5. The second kappa shape index (κ2) is 6.85. The van der Waals surface area contributed by atoms with Crippen molar-refractivity contribution in [3.8, 4) is 0 Å². The Labute approximate surface area is 111 Å². The second-order valence-corrected chi connectivity index (χ2v) is 5.62. The quantitative estimate of drug-likeness (QED) is 0.799. The molecule has 4 nitrogen and oxygen atoms in total. The monoisotopic (exact) mass is 256 g/mol. The van der Waals surface area contributed by atoms with E-state index in [1.165, 1.54) is 6.42 Å². The van der Waals surface area contributed by atoms with Gasteiger partial charge < -0.3 is 14.8 Å². The number of likely N-dealkylation sites (N-methyl/N-ethyl adjacent to an activating group) is 1. The number of hydrogen-bond acceptors (Lipinski definition) is 4. The van der Waals surface area contributed by atoms with Crippen LogP contribution in [0.5, 0.6) is 0 Å². The number of nitrogens with one attached hydrogen (secondary N) is 1. The first-order valence-corrected chi connectivity index (χ1v) is 7.41. The van der Waals surface area contributed by atoms with E-state index >= 15 is 0 Å². The highest BCUT2D eigenvalue weighted by atomic mass is 16.5. The van der Waals surface area contributed by atoms with Crippen LogP contribution in [0.25, 0.3) is 0 Å². The lowest BCUT2D eigenvalue weighted by molar-refractivity contribution is -0.0615. The third-order valence-electron chi connectivity index (χ3n) is 4.19. The topological polar surface area (TPSA) is 33.7 Å². The van der Waals surface area contributed by atoms with Crippen LogP contribution in [0.3, 0.4) is 0 Å². The average molecular weight is 256 g/mol. The van der Waals surface area contributed by atoms with E-state index in [1.807, 2.05) is 0 Å². The zero-order valence-corrected chi connectivity index (χ0v) is 12.0. The van der Waals surface area contributed by atoms with E-state index in [0.717, 1.165) is 39.5 Å². The molecule has 0 saturated carbocycles. The van der Waals surface area contributed by atoms with Crippen LogP contribution in [0.1, 0.15) is 27.2 Å². The van der Waals surface area contributed by atoms with E-state index in [2.05, 4.69) is 31.0 Å². The molecule has 0 radical (unpaired) electrons. The molecular formula is C14H28N2O2. The molecule has 0 aromatic heterocycles. The molecule has 2 heterocycles. The van der Waals surface area contributed by atoms with Gasteiger partial charge in [0.15, 0.2) is 0 Å². The first-order chi connectivity index (χ1) is 8.74. The maximum Gasteiger partial charge on any atom is 0.0674 e. The molecule has 4 atom stereocenters. The van der Waals surface area contributed by atoms with E-state index in [0.29, 0.717) is 24.1 Å². The minimum atomic E-state index is 0.368. The summed E-state index contributed by atoms with van der Waals surface area (Å²) >= 11 is 0. The molecule has 106 valence electrons. The molecular weight excluding hydrogens is 228 g/mol. The van der Waals surface area contributed by atoms with E-state index in [-0.39, 0.29) is 0 Å². The van der Waals surface area contributed by atoms with Gasteiger partial charge in [-0.1, -0.05) is 13.8 Å². The van der Waals surface area contributed by atoms with Crippen LogP contribution in [0.4, 0.5) is 0 Å². The summed E-state index contributed by atoms with van der Waals surface area (Å²) in [5.74, 6) is 0.629. The van der Waals surface area contributed by atoms with Crippen molar-refractivity contribution in [3.63, 3.8) is 0 Å². The van der Waals surface area contributed by atoms with Crippen LogP contribution in [0.15, 0.2) is 0 Å². The zero-order chi connectivity index (χ0) is 13.0. The van der Waals surface area contributed by atoms with Gasteiger partial charge in [0.1, 0.15) is 0 Å². The molecule has 2 saturated heterocycles. The number of rotatable bonds is 5. The minimum Gasteiger partial charge on any atom is -0.379 e. The maximum atomic E-state index is 5.76. The molecule has 0 amide bonds. The van der Waals surface area contributed by atoms with Gasteiger partial charge in [0.2, 0.25) is 0 Å². The van der Waals surface area contributed by atoms with Crippen LogP contribution in [0.2, 0.25) is 0 Å². The van der Waals surface area contributed by atoms with Crippen molar-refractivity contribution in [1.29, 1.82) is 0 Å². The van der Waals surface area contributed by atoms with Crippen LogP contribution < -0.4 is 5.32 Å². The molecule has 1 N–H and O–H groups in total. The van der Waals surface area contributed by atoms with E-state index in [1.54, 1.807) is 0 Å². The molecule has 4 unspecified atom stereocenters. The lowest BCUT2D eigenvalue weighted by atomic mass is 10.0. The third-order valence-corrected chi connectivity index (χ3v) is 4.19. The molecule has 2 aliphatic heterocycles. The van der Waals surface area contributed by atoms with Gasteiger partial charge in [-0.3, -0.25) is 4.90 Å². The smallest absolute Gasteiger partial charge is 0.0674 e. The molecule has 2 rings (SSSR count). The van der Waals surface area contributed by atoms with Gasteiger partial charge in [0.05, 0.1) is 25.9 Å². The summed E-state index contributed by atoms with van der Waals surface area (Å²) in [6.07, 6.45) is 1.54. The Kier molecular flexibility index (Phi) is 5.42. The normalized spacial score (nSPS) is 38.2. The second-order valence-electron chi connectivity index (χ2n) is 5.62. The van der Waals surface area contributed by atoms with Crippen molar-refractivity contribution in [2.24, 2.45) is 5.92 Å². The molecule has 0 bridgehead atoms. The van der Waals surface area contributed by atoms with Gasteiger partial charge in [-0.25, -0.2) is 0 Å². The van der Waals surface area contributed by atoms with Crippen LogP contribution in [0, 0.1) is 5.92 Å². The highest BCUT2D eigenvalue weighted by Gasteiger charge is 2.33. The van der Waals surface area contributed by atoms with Crippen LogP contribution >= 0.6 is 0 Å². The van der Waals surface area contributed by atoms with Crippen molar-refractivity contribution in [1.82, 2.24) is 10.2 Å². The predicted molar refractivity (Wildman–Crippen MR) is 72.8 cm³/mol.